The molecule has 0 heterocycles. The summed E-state index contributed by atoms with van der Waals surface area (Å²) in [5.74, 6) is 0.560. The number of aryl methyl sites for hydroxylation is 1. The summed E-state index contributed by atoms with van der Waals surface area (Å²) < 4.78 is 0. The third kappa shape index (κ3) is 8.90. The van der Waals surface area contributed by atoms with Crippen LogP contribution in [-0.4, -0.2) is 5.43 Å². The molecule has 0 aliphatic heterocycles. The van der Waals surface area contributed by atoms with E-state index in [1.165, 1.54) is 38.8 Å². The van der Waals surface area contributed by atoms with Crippen molar-refractivity contribution in [3.05, 3.63) is 88.0 Å². The Morgan fingerprint density at radius 1 is 1.00 bits per heavy atom. The summed E-state index contributed by atoms with van der Waals surface area (Å²) in [5, 5.41) is 3.25. The average Bonchev–Trinajstić information content (AvgIpc) is 3.22. The SMILES string of the molecule is CC1=[C-]C(C)C(C)=C1C.CCc1[cH-]c2c(Cl)cccc2c1-c1ccccc1.C[Si](C)=[Zr+2].[Cl-].[Cl-]. The average molecular weight is 595 g/mol. The largest absolute Gasteiger partial charge is 1.00 e. The Morgan fingerprint density at radius 2 is 1.58 bits per heavy atom. The fourth-order valence-corrected chi connectivity index (χ4v) is 3.94. The molecule has 1 atom stereocenters. The second-order valence-corrected chi connectivity index (χ2v) is 18.0. The monoisotopic (exact) mass is 592 g/mol. The van der Waals surface area contributed by atoms with Crippen LogP contribution in [0.4, 0.5) is 0 Å². The van der Waals surface area contributed by atoms with E-state index in [-0.39, 0.29) is 30.2 Å². The van der Waals surface area contributed by atoms with Gasteiger partial charge in [0.25, 0.3) is 0 Å². The van der Waals surface area contributed by atoms with Crippen LogP contribution in [0.5, 0.6) is 0 Å². The first-order valence-corrected chi connectivity index (χ1v) is 17.5. The van der Waals surface area contributed by atoms with Crippen LogP contribution in [-0.2, 0) is 29.8 Å². The third-order valence-corrected chi connectivity index (χ3v) is 5.97. The molecule has 0 spiro atoms. The molecule has 3 aromatic carbocycles. The van der Waals surface area contributed by atoms with E-state index < -0.39 is 0 Å². The quantitative estimate of drug-likeness (QED) is 0.316. The second kappa shape index (κ2) is 15.5. The molecule has 0 amide bonds. The maximum Gasteiger partial charge on any atom is -1.00 e. The van der Waals surface area contributed by atoms with E-state index in [4.69, 9.17) is 11.6 Å². The second-order valence-electron chi connectivity index (χ2n) is 8.26. The summed E-state index contributed by atoms with van der Waals surface area (Å²) in [6.07, 6.45) is 4.38. The van der Waals surface area contributed by atoms with Crippen LogP contribution in [0.3, 0.4) is 0 Å². The zero-order chi connectivity index (χ0) is 23.1. The Balaban J connectivity index is 0.000000580. The molecule has 176 valence electrons. The van der Waals surface area contributed by atoms with E-state index in [1.807, 2.05) is 18.2 Å². The molecule has 1 aliphatic rings. The minimum absolute atomic E-state index is 0. The number of fused-ring (bicyclic) bond motifs is 1. The fraction of sp³-hybridized carbons (Fsp3) is 0.321. The molecule has 0 bridgehead atoms. The summed E-state index contributed by atoms with van der Waals surface area (Å²) in [4.78, 5) is 0. The molecular formula is C28H33Cl3SiZr-2. The molecule has 1 unspecified atom stereocenters. The first kappa shape index (κ1) is 32.5. The van der Waals surface area contributed by atoms with Crippen LogP contribution in [0.2, 0.25) is 18.1 Å². The van der Waals surface area contributed by atoms with E-state index >= 15 is 0 Å². The van der Waals surface area contributed by atoms with Gasteiger partial charge in [0.05, 0.1) is 0 Å². The summed E-state index contributed by atoms with van der Waals surface area (Å²) in [7, 11) is 0. The maximum absolute atomic E-state index is 6.29. The molecule has 0 saturated carbocycles. The summed E-state index contributed by atoms with van der Waals surface area (Å²) >= 11 is 8.03. The zero-order valence-corrected chi connectivity index (χ0v) is 26.3. The first-order chi connectivity index (χ1) is 14.7. The van der Waals surface area contributed by atoms with Crippen LogP contribution in [0.1, 0.15) is 40.2 Å². The van der Waals surface area contributed by atoms with Gasteiger partial charge >= 0.3 is 41.9 Å². The molecule has 0 saturated heterocycles. The van der Waals surface area contributed by atoms with E-state index in [1.54, 1.807) is 23.3 Å². The molecule has 1 aliphatic carbocycles. The van der Waals surface area contributed by atoms with Gasteiger partial charge in [-0.15, -0.1) is 52.6 Å². The van der Waals surface area contributed by atoms with Crippen molar-refractivity contribution in [2.45, 2.75) is 54.1 Å². The Morgan fingerprint density at radius 3 is 2.00 bits per heavy atom. The van der Waals surface area contributed by atoms with Crippen molar-refractivity contribution in [1.82, 2.24) is 0 Å². The van der Waals surface area contributed by atoms with Crippen LogP contribution in [0.15, 0.2) is 71.3 Å². The van der Waals surface area contributed by atoms with Crippen molar-refractivity contribution in [3.8, 4) is 11.1 Å². The summed E-state index contributed by atoms with van der Waals surface area (Å²) in [5.41, 5.74) is 8.42. The fourth-order valence-electron chi connectivity index (χ4n) is 3.71. The van der Waals surface area contributed by atoms with Gasteiger partial charge in [-0.05, 0) is 11.4 Å². The van der Waals surface area contributed by atoms with Gasteiger partial charge in [0.2, 0.25) is 0 Å². The predicted molar refractivity (Wildman–Crippen MR) is 137 cm³/mol. The van der Waals surface area contributed by atoms with Crippen molar-refractivity contribution in [3.63, 3.8) is 0 Å². The number of halogens is 3. The van der Waals surface area contributed by atoms with Gasteiger partial charge in [-0.2, -0.15) is 11.1 Å². The van der Waals surface area contributed by atoms with Crippen LogP contribution in [0.25, 0.3) is 21.9 Å². The van der Waals surface area contributed by atoms with Crippen LogP contribution < -0.4 is 24.8 Å². The smallest absolute Gasteiger partial charge is 1.00 e. The predicted octanol–water partition coefficient (Wildman–Crippen LogP) is 2.96. The van der Waals surface area contributed by atoms with Crippen molar-refractivity contribution >= 4 is 27.8 Å². The summed E-state index contributed by atoms with van der Waals surface area (Å²) in [6.45, 7) is 15.5. The van der Waals surface area contributed by atoms with Crippen LogP contribution in [0, 0.1) is 12.0 Å². The number of hydrogen-bond donors (Lipinski definition) is 0. The van der Waals surface area contributed by atoms with Gasteiger partial charge < -0.3 is 24.8 Å². The van der Waals surface area contributed by atoms with Gasteiger partial charge in [-0.3, -0.25) is 6.08 Å². The molecule has 0 nitrogen and oxygen atoms in total. The van der Waals surface area contributed by atoms with Crippen molar-refractivity contribution in [2.75, 3.05) is 0 Å². The minimum atomic E-state index is 0. The van der Waals surface area contributed by atoms with Crippen molar-refractivity contribution < 1.29 is 48.1 Å². The van der Waals surface area contributed by atoms with E-state index in [0.717, 1.165) is 16.8 Å². The molecule has 3 aromatic rings. The molecule has 0 aromatic heterocycles. The Hall–Kier alpha value is -0.500. The number of rotatable bonds is 2. The third-order valence-electron chi connectivity index (χ3n) is 5.64. The van der Waals surface area contributed by atoms with E-state index in [2.05, 4.69) is 90.2 Å². The van der Waals surface area contributed by atoms with E-state index in [9.17, 15) is 0 Å². The molecule has 0 N–H and O–H groups in total. The zero-order valence-electron chi connectivity index (χ0n) is 20.6. The molecule has 4 rings (SSSR count). The normalized spacial score (nSPS) is 14.2. The first-order valence-electron chi connectivity index (χ1n) is 10.9. The molecular weight excluding hydrogens is 562 g/mol. The van der Waals surface area contributed by atoms with Gasteiger partial charge in [0.15, 0.2) is 0 Å². The topological polar surface area (TPSA) is 0 Å². The summed E-state index contributed by atoms with van der Waals surface area (Å²) in [6, 6.07) is 18.9. The number of hydrogen-bond acceptors (Lipinski definition) is 0. The Bertz CT molecular complexity index is 1110. The van der Waals surface area contributed by atoms with Crippen molar-refractivity contribution in [1.29, 1.82) is 0 Å². The van der Waals surface area contributed by atoms with Gasteiger partial charge in [0, 0.05) is 0 Å². The van der Waals surface area contributed by atoms with Crippen molar-refractivity contribution in [2.24, 2.45) is 5.92 Å². The minimum Gasteiger partial charge on any atom is -1.00 e. The van der Waals surface area contributed by atoms with Gasteiger partial charge in [0.1, 0.15) is 0 Å². The van der Waals surface area contributed by atoms with E-state index in [0.29, 0.717) is 5.92 Å². The van der Waals surface area contributed by atoms with Gasteiger partial charge in [-0.1, -0.05) is 81.6 Å². The molecule has 0 radical (unpaired) electrons. The van der Waals surface area contributed by atoms with Gasteiger partial charge in [-0.25, -0.2) is 5.57 Å². The molecule has 5 heteroatoms. The number of allylic oxidation sites excluding steroid dienone is 4. The Labute approximate surface area is 233 Å². The molecule has 33 heavy (non-hydrogen) atoms. The number of benzene rings is 2. The molecule has 0 fully saturated rings. The Kier molecular flexibility index (Phi) is 15.3. The maximum atomic E-state index is 6.29. The van der Waals surface area contributed by atoms with Crippen LogP contribution >= 0.6 is 11.6 Å². The standard InChI is InChI=1S/C17H14Cl.C9H13.C2H6Si.2ClH.Zr/c1-2-12-11-15-14(9-6-10-16(15)18)17(12)13-7-4-3-5-8-13;1-6-5-7(2)9(4)8(6)3;1-3-2;;;/h3-11H,2H2,1H3;6H,1-4H3;1-2H3;2*1H;/q2*-1;;;;+2/p-2.